The van der Waals surface area contributed by atoms with E-state index in [-0.39, 0.29) is 22.1 Å². The van der Waals surface area contributed by atoms with E-state index in [0.29, 0.717) is 12.2 Å². The highest BCUT2D eigenvalue weighted by atomic mass is 32.2. The molecular formula is C20H21N3O4S. The first-order valence-corrected chi connectivity index (χ1v) is 10.3. The molecule has 0 radical (unpaired) electrons. The molecule has 0 aromatic heterocycles. The first-order chi connectivity index (χ1) is 13.3. The predicted octanol–water partition coefficient (Wildman–Crippen LogP) is 2.80. The highest BCUT2D eigenvalue weighted by molar-refractivity contribution is 7.92. The zero-order chi connectivity index (χ0) is 20.4. The molecule has 0 saturated heterocycles. The van der Waals surface area contributed by atoms with E-state index in [1.807, 2.05) is 0 Å². The number of nitrogens with zero attached hydrogens (tertiary/aromatic N) is 1. The van der Waals surface area contributed by atoms with Gasteiger partial charge in [-0.1, -0.05) is 12.1 Å². The predicted molar refractivity (Wildman–Crippen MR) is 105 cm³/mol. The molecule has 0 spiro atoms. The Morgan fingerprint density at radius 3 is 2.43 bits per heavy atom. The van der Waals surface area contributed by atoms with E-state index >= 15 is 0 Å². The fraction of sp³-hybridized carbons (Fsp3) is 0.300. The van der Waals surface area contributed by atoms with Crippen LogP contribution in [0.5, 0.6) is 5.75 Å². The highest BCUT2D eigenvalue weighted by Crippen LogP contribution is 2.47. The minimum atomic E-state index is -3.99. The molecule has 1 aliphatic rings. The largest absolute Gasteiger partial charge is 0.495 e. The number of hydrogen-bond acceptors (Lipinski definition) is 5. The molecule has 1 saturated carbocycles. The van der Waals surface area contributed by atoms with Crippen LogP contribution in [0.4, 0.5) is 5.69 Å². The molecule has 0 atom stereocenters. The molecule has 28 heavy (non-hydrogen) atoms. The van der Waals surface area contributed by atoms with Crippen LogP contribution in [0.3, 0.4) is 0 Å². The first-order valence-electron chi connectivity index (χ1n) is 8.86. The summed E-state index contributed by atoms with van der Waals surface area (Å²) in [6, 6.07) is 13.3. The lowest BCUT2D eigenvalue weighted by atomic mass is 9.98. The van der Waals surface area contributed by atoms with Gasteiger partial charge in [0.15, 0.2) is 0 Å². The van der Waals surface area contributed by atoms with Crippen molar-refractivity contribution in [3.8, 4) is 11.8 Å². The Kier molecular flexibility index (Phi) is 5.29. The number of nitrogens with one attached hydrogen (secondary N) is 2. The summed E-state index contributed by atoms with van der Waals surface area (Å²) >= 11 is 0. The molecule has 1 fully saturated rings. The zero-order valence-electron chi connectivity index (χ0n) is 15.7. The van der Waals surface area contributed by atoms with Crippen LogP contribution in [0.2, 0.25) is 0 Å². The number of benzene rings is 2. The molecule has 0 bridgehead atoms. The summed E-state index contributed by atoms with van der Waals surface area (Å²) in [6.45, 7) is 2.21. The Labute approximate surface area is 164 Å². The van der Waals surface area contributed by atoms with E-state index in [1.54, 1.807) is 31.2 Å². The summed E-state index contributed by atoms with van der Waals surface area (Å²) in [6.07, 6.45) is 1.64. The number of rotatable bonds is 7. The standard InChI is InChI=1S/C20H21N3O4S/c1-3-22-19(24)14-4-9-17(27-2)18(12-14)28(25,26)23-16-7-5-15(6-8-16)20(13-21)10-11-20/h4-9,12,23H,3,10-11H2,1-2H3,(H,22,24). The van der Waals surface area contributed by atoms with E-state index in [1.165, 1.54) is 25.3 Å². The number of hydrogen-bond donors (Lipinski definition) is 2. The topological polar surface area (TPSA) is 108 Å². The van der Waals surface area contributed by atoms with Gasteiger partial charge in [-0.2, -0.15) is 5.26 Å². The molecule has 7 nitrogen and oxygen atoms in total. The van der Waals surface area contributed by atoms with Crippen molar-refractivity contribution >= 4 is 21.6 Å². The Morgan fingerprint density at radius 1 is 1.21 bits per heavy atom. The number of sulfonamides is 1. The maximum atomic E-state index is 12.9. The Hall–Kier alpha value is -3.05. The average molecular weight is 399 g/mol. The van der Waals surface area contributed by atoms with E-state index in [2.05, 4.69) is 16.1 Å². The minimum absolute atomic E-state index is 0.126. The van der Waals surface area contributed by atoms with Crippen LogP contribution in [-0.2, 0) is 15.4 Å². The van der Waals surface area contributed by atoms with Crippen LogP contribution in [0.15, 0.2) is 47.4 Å². The maximum Gasteiger partial charge on any atom is 0.265 e. The quantitative estimate of drug-likeness (QED) is 0.744. The minimum Gasteiger partial charge on any atom is -0.495 e. The molecule has 8 heteroatoms. The second kappa shape index (κ2) is 7.52. The third-order valence-electron chi connectivity index (χ3n) is 4.71. The average Bonchev–Trinajstić information content (AvgIpc) is 3.49. The van der Waals surface area contributed by atoms with Crippen molar-refractivity contribution in [2.75, 3.05) is 18.4 Å². The number of anilines is 1. The van der Waals surface area contributed by atoms with Gasteiger partial charge in [0, 0.05) is 17.8 Å². The van der Waals surface area contributed by atoms with Gasteiger partial charge in [0.1, 0.15) is 10.6 Å². The summed E-state index contributed by atoms with van der Waals surface area (Å²) in [4.78, 5) is 11.9. The van der Waals surface area contributed by atoms with E-state index in [4.69, 9.17) is 4.74 Å². The molecule has 146 valence electrons. The Morgan fingerprint density at radius 2 is 1.89 bits per heavy atom. The lowest BCUT2D eigenvalue weighted by molar-refractivity contribution is 0.0955. The van der Waals surface area contributed by atoms with Crippen molar-refractivity contribution in [1.82, 2.24) is 5.32 Å². The van der Waals surface area contributed by atoms with Crippen molar-refractivity contribution in [3.63, 3.8) is 0 Å². The second-order valence-corrected chi connectivity index (χ2v) is 8.25. The summed E-state index contributed by atoms with van der Waals surface area (Å²) in [5.41, 5.74) is 1.04. The van der Waals surface area contributed by atoms with Gasteiger partial charge >= 0.3 is 0 Å². The van der Waals surface area contributed by atoms with Crippen LogP contribution >= 0.6 is 0 Å². The number of amides is 1. The molecule has 2 aromatic carbocycles. The van der Waals surface area contributed by atoms with E-state index in [9.17, 15) is 18.5 Å². The second-order valence-electron chi connectivity index (χ2n) is 6.60. The number of carbonyl (C=O) groups excluding carboxylic acids is 1. The van der Waals surface area contributed by atoms with Crippen molar-refractivity contribution < 1.29 is 17.9 Å². The molecule has 1 aliphatic carbocycles. The number of nitriles is 1. The van der Waals surface area contributed by atoms with Gasteiger partial charge in [-0.3, -0.25) is 9.52 Å². The summed E-state index contributed by atoms with van der Waals surface area (Å²) in [5.74, 6) is -0.226. The summed E-state index contributed by atoms with van der Waals surface area (Å²) in [7, 11) is -2.62. The van der Waals surface area contributed by atoms with Crippen molar-refractivity contribution in [1.29, 1.82) is 5.26 Å². The number of carbonyl (C=O) groups is 1. The van der Waals surface area contributed by atoms with Crippen molar-refractivity contribution in [2.24, 2.45) is 0 Å². The van der Waals surface area contributed by atoms with Crippen LogP contribution in [0.25, 0.3) is 0 Å². The van der Waals surface area contributed by atoms with E-state index < -0.39 is 15.4 Å². The fourth-order valence-corrected chi connectivity index (χ4v) is 4.20. The van der Waals surface area contributed by atoms with Gasteiger partial charge in [-0.15, -0.1) is 0 Å². The number of ether oxygens (including phenoxy) is 1. The Balaban J connectivity index is 1.89. The normalized spacial score (nSPS) is 14.6. The Bertz CT molecular complexity index is 1040. The highest BCUT2D eigenvalue weighted by Gasteiger charge is 2.44. The molecule has 2 N–H and O–H groups in total. The third-order valence-corrected chi connectivity index (χ3v) is 6.11. The molecule has 2 aromatic rings. The smallest absolute Gasteiger partial charge is 0.265 e. The molecule has 0 aliphatic heterocycles. The van der Waals surface area contributed by atoms with Crippen molar-refractivity contribution in [3.05, 3.63) is 53.6 Å². The molecule has 1 amide bonds. The van der Waals surface area contributed by atoms with Gasteiger partial charge in [0.2, 0.25) is 0 Å². The van der Waals surface area contributed by atoms with E-state index in [0.717, 1.165) is 18.4 Å². The van der Waals surface area contributed by atoms with Gasteiger partial charge in [0.25, 0.3) is 15.9 Å². The third kappa shape index (κ3) is 3.80. The van der Waals surface area contributed by atoms with Crippen LogP contribution in [-0.4, -0.2) is 28.0 Å². The van der Waals surface area contributed by atoms with Crippen molar-refractivity contribution in [2.45, 2.75) is 30.1 Å². The van der Waals surface area contributed by atoms with Gasteiger partial charge in [0.05, 0.1) is 18.6 Å². The van der Waals surface area contributed by atoms with Gasteiger partial charge < -0.3 is 10.1 Å². The molecule has 0 unspecified atom stereocenters. The zero-order valence-corrected chi connectivity index (χ0v) is 16.5. The van der Waals surface area contributed by atoms with Gasteiger partial charge in [-0.25, -0.2) is 8.42 Å². The summed E-state index contributed by atoms with van der Waals surface area (Å²) < 4.78 is 33.4. The van der Waals surface area contributed by atoms with Gasteiger partial charge in [-0.05, 0) is 55.7 Å². The number of methoxy groups -OCH3 is 1. The monoisotopic (exact) mass is 399 g/mol. The summed E-state index contributed by atoms with van der Waals surface area (Å²) in [5, 5.41) is 11.9. The lowest BCUT2D eigenvalue weighted by Gasteiger charge is -2.14. The molecule has 3 rings (SSSR count). The lowest BCUT2D eigenvalue weighted by Crippen LogP contribution is -2.23. The SMILES string of the molecule is CCNC(=O)c1ccc(OC)c(S(=O)(=O)Nc2ccc(C3(C#N)CC3)cc2)c1. The fourth-order valence-electron chi connectivity index (χ4n) is 2.95. The molecular weight excluding hydrogens is 378 g/mol. The van der Waals surface area contributed by atoms with Crippen LogP contribution in [0.1, 0.15) is 35.7 Å². The maximum absolute atomic E-state index is 12.9. The van der Waals surface area contributed by atoms with Crippen LogP contribution in [0, 0.1) is 11.3 Å². The first kappa shape index (κ1) is 19.7. The molecule has 0 heterocycles. The van der Waals surface area contributed by atoms with Crippen LogP contribution < -0.4 is 14.8 Å².